The van der Waals surface area contributed by atoms with Gasteiger partial charge < -0.3 is 16.4 Å². The van der Waals surface area contributed by atoms with E-state index in [0.717, 1.165) is 5.56 Å². The van der Waals surface area contributed by atoms with Crippen molar-refractivity contribution >= 4 is 17.5 Å². The van der Waals surface area contributed by atoms with Crippen molar-refractivity contribution in [3.63, 3.8) is 0 Å². The maximum Gasteiger partial charge on any atom is 0.254 e. The Hall–Kier alpha value is -1.95. The third-order valence-electron chi connectivity index (χ3n) is 3.06. The van der Waals surface area contributed by atoms with Crippen molar-refractivity contribution in [2.45, 2.75) is 25.8 Å². The zero-order chi connectivity index (χ0) is 14.0. The van der Waals surface area contributed by atoms with E-state index in [0.29, 0.717) is 18.5 Å². The van der Waals surface area contributed by atoms with Gasteiger partial charge in [-0.25, -0.2) is 4.39 Å². The molecule has 0 spiro atoms. The summed E-state index contributed by atoms with van der Waals surface area (Å²) in [4.78, 5) is 23.1. The van der Waals surface area contributed by atoms with Crippen LogP contribution in [0.25, 0.3) is 0 Å². The van der Waals surface area contributed by atoms with E-state index < -0.39 is 11.7 Å². The smallest absolute Gasteiger partial charge is 0.254 e. The summed E-state index contributed by atoms with van der Waals surface area (Å²) < 4.78 is 13.9. The van der Waals surface area contributed by atoms with E-state index in [9.17, 15) is 14.0 Å². The molecule has 0 saturated heterocycles. The molecule has 1 heterocycles. The minimum Gasteiger partial charge on any atom is -0.348 e. The molecular formula is C13H16FN3O2. The molecule has 1 aromatic rings. The van der Waals surface area contributed by atoms with Gasteiger partial charge in [-0.05, 0) is 31.0 Å². The number of carbonyl (C=O) groups excluding carboxylic acids is 2. The Bertz CT molecular complexity index is 531. The first-order valence-electron chi connectivity index (χ1n) is 6.14. The molecule has 1 aliphatic rings. The van der Waals surface area contributed by atoms with Crippen molar-refractivity contribution in [3.05, 3.63) is 29.1 Å². The largest absolute Gasteiger partial charge is 0.348 e. The van der Waals surface area contributed by atoms with Crippen molar-refractivity contribution in [2.75, 3.05) is 11.9 Å². The zero-order valence-corrected chi connectivity index (χ0v) is 10.6. The number of fused-ring (bicyclic) bond motifs is 1. The Morgan fingerprint density at radius 1 is 1.53 bits per heavy atom. The van der Waals surface area contributed by atoms with Crippen LogP contribution in [0.2, 0.25) is 0 Å². The summed E-state index contributed by atoms with van der Waals surface area (Å²) in [6.45, 7) is 2.03. The highest BCUT2D eigenvalue weighted by Crippen LogP contribution is 2.25. The summed E-state index contributed by atoms with van der Waals surface area (Å²) in [6, 6.07) is 2.46. The molecule has 0 unspecified atom stereocenters. The van der Waals surface area contributed by atoms with Gasteiger partial charge >= 0.3 is 0 Å². The van der Waals surface area contributed by atoms with Gasteiger partial charge in [-0.2, -0.15) is 0 Å². The number of benzene rings is 1. The van der Waals surface area contributed by atoms with Gasteiger partial charge in [0.2, 0.25) is 5.91 Å². The molecule has 5 nitrogen and oxygen atoms in total. The molecule has 0 fully saturated rings. The number of rotatable bonds is 3. The first kappa shape index (κ1) is 13.5. The summed E-state index contributed by atoms with van der Waals surface area (Å²) >= 11 is 0. The second-order valence-corrected chi connectivity index (χ2v) is 4.65. The second kappa shape index (κ2) is 5.36. The fourth-order valence-electron chi connectivity index (χ4n) is 1.94. The summed E-state index contributed by atoms with van der Waals surface area (Å²) in [5.41, 5.74) is 6.60. The molecule has 0 aliphatic carbocycles. The van der Waals surface area contributed by atoms with Gasteiger partial charge in [0.15, 0.2) is 0 Å². The zero-order valence-electron chi connectivity index (χ0n) is 10.6. The number of amides is 2. The summed E-state index contributed by atoms with van der Waals surface area (Å²) in [5.74, 6) is -1.28. The fourth-order valence-corrected chi connectivity index (χ4v) is 1.94. The van der Waals surface area contributed by atoms with Crippen molar-refractivity contribution in [1.82, 2.24) is 5.32 Å². The predicted molar refractivity (Wildman–Crippen MR) is 69.3 cm³/mol. The van der Waals surface area contributed by atoms with Crippen LogP contribution in [-0.2, 0) is 11.2 Å². The van der Waals surface area contributed by atoms with Crippen LogP contribution >= 0.6 is 0 Å². The molecule has 0 saturated carbocycles. The quantitative estimate of drug-likeness (QED) is 0.755. The molecule has 6 heteroatoms. The highest BCUT2D eigenvalue weighted by Gasteiger charge is 2.21. The van der Waals surface area contributed by atoms with Crippen LogP contribution in [0.1, 0.15) is 29.3 Å². The second-order valence-electron chi connectivity index (χ2n) is 4.65. The summed E-state index contributed by atoms with van der Waals surface area (Å²) in [6.07, 6.45) is 0.854. The molecule has 1 aliphatic heterocycles. The molecule has 19 heavy (non-hydrogen) atoms. The van der Waals surface area contributed by atoms with Crippen LogP contribution in [0.3, 0.4) is 0 Å². The van der Waals surface area contributed by atoms with E-state index in [-0.39, 0.29) is 24.1 Å². The summed E-state index contributed by atoms with van der Waals surface area (Å²) in [5, 5.41) is 5.20. The van der Waals surface area contributed by atoms with Gasteiger partial charge in [-0.3, -0.25) is 9.59 Å². The van der Waals surface area contributed by atoms with Gasteiger partial charge in [-0.1, -0.05) is 0 Å². The monoisotopic (exact) mass is 265 g/mol. The number of hydrogen-bond donors (Lipinski definition) is 3. The number of aryl methyl sites for hydroxylation is 1. The van der Waals surface area contributed by atoms with Gasteiger partial charge in [-0.15, -0.1) is 0 Å². The molecule has 0 aromatic heterocycles. The number of nitrogens with one attached hydrogen (secondary N) is 2. The molecule has 1 aromatic carbocycles. The maximum absolute atomic E-state index is 13.9. The molecule has 2 amide bonds. The molecule has 4 N–H and O–H groups in total. The van der Waals surface area contributed by atoms with E-state index in [1.54, 1.807) is 6.92 Å². The predicted octanol–water partition coefficient (Wildman–Crippen LogP) is 0.787. The Morgan fingerprint density at radius 3 is 2.95 bits per heavy atom. The van der Waals surface area contributed by atoms with Crippen LogP contribution in [-0.4, -0.2) is 24.4 Å². The lowest BCUT2D eigenvalue weighted by atomic mass is 9.99. The van der Waals surface area contributed by atoms with Gasteiger partial charge in [0.1, 0.15) is 5.82 Å². The Labute approximate surface area is 110 Å². The standard InChI is InChI=1S/C13H16FN3O2/c1-7(6-15)16-13(19)9-4-8-2-3-12(18)17-11(8)5-10(9)14/h4-5,7H,2-3,6,15H2,1H3,(H,16,19)(H,17,18)/t7-/m1/s1. The van der Waals surface area contributed by atoms with E-state index in [1.807, 2.05) is 0 Å². The van der Waals surface area contributed by atoms with Crippen LogP contribution in [0, 0.1) is 5.82 Å². The van der Waals surface area contributed by atoms with Crippen molar-refractivity contribution < 1.29 is 14.0 Å². The minimum atomic E-state index is -0.650. The first-order chi connectivity index (χ1) is 9.01. The third kappa shape index (κ3) is 2.90. The number of nitrogens with two attached hydrogens (primary N) is 1. The maximum atomic E-state index is 13.9. The Balaban J connectivity index is 2.27. The lowest BCUT2D eigenvalue weighted by molar-refractivity contribution is -0.116. The summed E-state index contributed by atoms with van der Waals surface area (Å²) in [7, 11) is 0. The minimum absolute atomic E-state index is 0.0183. The van der Waals surface area contributed by atoms with E-state index >= 15 is 0 Å². The van der Waals surface area contributed by atoms with Crippen molar-refractivity contribution in [3.8, 4) is 0 Å². The van der Waals surface area contributed by atoms with E-state index in [4.69, 9.17) is 5.73 Å². The number of halogens is 1. The van der Waals surface area contributed by atoms with Crippen LogP contribution in [0.5, 0.6) is 0 Å². The Morgan fingerprint density at radius 2 is 2.26 bits per heavy atom. The average molecular weight is 265 g/mol. The molecule has 102 valence electrons. The van der Waals surface area contributed by atoms with Crippen molar-refractivity contribution in [2.24, 2.45) is 5.73 Å². The molecule has 2 rings (SSSR count). The SMILES string of the molecule is C[C@H](CN)NC(=O)c1cc2c(cc1F)NC(=O)CC2. The van der Waals surface area contributed by atoms with Crippen molar-refractivity contribution in [1.29, 1.82) is 0 Å². The van der Waals surface area contributed by atoms with Gasteiger partial charge in [0.05, 0.1) is 5.56 Å². The van der Waals surface area contributed by atoms with E-state index in [2.05, 4.69) is 10.6 Å². The normalized spacial score (nSPS) is 15.4. The number of anilines is 1. The molecule has 0 bridgehead atoms. The Kier molecular flexibility index (Phi) is 3.80. The average Bonchev–Trinajstić information content (AvgIpc) is 2.37. The highest BCUT2D eigenvalue weighted by molar-refractivity contribution is 5.98. The van der Waals surface area contributed by atoms with Gasteiger partial charge in [0, 0.05) is 24.7 Å². The lowest BCUT2D eigenvalue weighted by Crippen LogP contribution is -2.38. The molecule has 1 atom stereocenters. The van der Waals surface area contributed by atoms with E-state index in [1.165, 1.54) is 12.1 Å². The molecular weight excluding hydrogens is 249 g/mol. The third-order valence-corrected chi connectivity index (χ3v) is 3.06. The van der Waals surface area contributed by atoms with Crippen LogP contribution in [0.4, 0.5) is 10.1 Å². The highest BCUT2D eigenvalue weighted by atomic mass is 19.1. The van der Waals surface area contributed by atoms with Gasteiger partial charge in [0.25, 0.3) is 5.91 Å². The van der Waals surface area contributed by atoms with Crippen LogP contribution < -0.4 is 16.4 Å². The lowest BCUT2D eigenvalue weighted by Gasteiger charge is -2.18. The number of hydrogen-bond acceptors (Lipinski definition) is 3. The fraction of sp³-hybridized carbons (Fsp3) is 0.385. The van der Waals surface area contributed by atoms with Crippen LogP contribution in [0.15, 0.2) is 12.1 Å². The molecule has 0 radical (unpaired) electrons. The first-order valence-corrected chi connectivity index (χ1v) is 6.14. The topological polar surface area (TPSA) is 84.2 Å². The number of carbonyl (C=O) groups is 2.